The van der Waals surface area contributed by atoms with E-state index < -0.39 is 29.4 Å². The van der Waals surface area contributed by atoms with Crippen LogP contribution in [-0.4, -0.2) is 106 Å². The van der Waals surface area contributed by atoms with Crippen LogP contribution in [0.4, 0.5) is 19.0 Å². The highest BCUT2D eigenvalue weighted by Crippen LogP contribution is 2.43. The number of phenols is 1. The fraction of sp³-hybridized carbons (Fsp3) is 0.486. The van der Waals surface area contributed by atoms with E-state index in [4.69, 9.17) is 15.5 Å². The van der Waals surface area contributed by atoms with Gasteiger partial charge in [-0.3, -0.25) is 9.80 Å². The first kappa shape index (κ1) is 30.6. The van der Waals surface area contributed by atoms with Crippen LogP contribution in [0.1, 0.15) is 32.1 Å². The lowest BCUT2D eigenvalue weighted by Crippen LogP contribution is -2.56. The molecule has 0 saturated carbocycles. The van der Waals surface area contributed by atoms with E-state index in [1.807, 2.05) is 0 Å². The smallest absolute Gasteiger partial charge is 0.319 e. The summed E-state index contributed by atoms with van der Waals surface area (Å²) in [4.78, 5) is 16.1. The molecule has 9 nitrogen and oxygen atoms in total. The van der Waals surface area contributed by atoms with E-state index in [9.17, 15) is 14.6 Å². The second-order valence-electron chi connectivity index (χ2n) is 13.7. The Morgan fingerprint density at radius 1 is 1.04 bits per heavy atom. The number of aliphatic hydroxyl groups excluding tert-OH is 1. The van der Waals surface area contributed by atoms with E-state index in [1.54, 1.807) is 24.3 Å². The van der Waals surface area contributed by atoms with Gasteiger partial charge >= 0.3 is 6.01 Å². The molecule has 0 radical (unpaired) electrons. The Morgan fingerprint density at radius 2 is 1.85 bits per heavy atom. The van der Waals surface area contributed by atoms with Gasteiger partial charge in [0.25, 0.3) is 0 Å². The van der Waals surface area contributed by atoms with Gasteiger partial charge in [0.05, 0.1) is 11.6 Å². The number of rotatable bonds is 8. The van der Waals surface area contributed by atoms with E-state index in [0.29, 0.717) is 49.2 Å². The van der Waals surface area contributed by atoms with Crippen molar-refractivity contribution >= 4 is 27.5 Å². The van der Waals surface area contributed by atoms with Crippen molar-refractivity contribution in [3.8, 4) is 22.9 Å². The van der Waals surface area contributed by atoms with Gasteiger partial charge in [0.1, 0.15) is 35.7 Å². The minimum Gasteiger partial charge on any atom is -0.508 e. The molecule has 5 atom stereocenters. The Balaban J connectivity index is 1.22. The van der Waals surface area contributed by atoms with Crippen LogP contribution in [0.5, 0.6) is 11.8 Å². The van der Waals surface area contributed by atoms with Crippen molar-refractivity contribution in [3.63, 3.8) is 0 Å². The molecule has 8 rings (SSSR count). The number of halogens is 3. The number of piperazine rings is 1. The minimum atomic E-state index is -0.922. The third-order valence-corrected chi connectivity index (χ3v) is 10.8. The van der Waals surface area contributed by atoms with Crippen LogP contribution in [0, 0.1) is 11.6 Å². The van der Waals surface area contributed by atoms with E-state index in [0.717, 1.165) is 32.2 Å². The number of hydrogen-bond donors (Lipinski definition) is 3. The van der Waals surface area contributed by atoms with Gasteiger partial charge in [-0.1, -0.05) is 18.2 Å². The summed E-state index contributed by atoms with van der Waals surface area (Å²) in [6, 6.07) is 11.0. The monoisotopic (exact) mass is 648 g/mol. The number of nitrogens with two attached hydrogens (primary N) is 1. The molecular formula is C35H39F3N6O3. The molecule has 248 valence electrons. The van der Waals surface area contributed by atoms with Crippen molar-refractivity contribution in [3.05, 3.63) is 54.1 Å². The van der Waals surface area contributed by atoms with Crippen LogP contribution < -0.4 is 15.4 Å². The number of anilines is 1. The number of ether oxygens (including phenoxy) is 1. The fourth-order valence-corrected chi connectivity index (χ4v) is 8.64. The summed E-state index contributed by atoms with van der Waals surface area (Å²) in [7, 11) is 0. The maximum Gasteiger partial charge on any atom is 0.319 e. The van der Waals surface area contributed by atoms with Crippen molar-refractivity contribution in [2.75, 3.05) is 50.8 Å². The van der Waals surface area contributed by atoms with Gasteiger partial charge in [0.2, 0.25) is 0 Å². The summed E-state index contributed by atoms with van der Waals surface area (Å²) >= 11 is 0. The lowest BCUT2D eigenvalue weighted by molar-refractivity contribution is 0.0797. The molecule has 1 aromatic heterocycles. The lowest BCUT2D eigenvalue weighted by Gasteiger charge is -2.42. The maximum absolute atomic E-state index is 16.8. The molecule has 4 N–H and O–H groups in total. The first-order chi connectivity index (χ1) is 22.7. The third kappa shape index (κ3) is 5.26. The molecule has 0 amide bonds. The van der Waals surface area contributed by atoms with Gasteiger partial charge in [0.15, 0.2) is 5.82 Å². The Morgan fingerprint density at radius 3 is 2.64 bits per heavy atom. The average Bonchev–Trinajstić information content (AvgIpc) is 3.65. The summed E-state index contributed by atoms with van der Waals surface area (Å²) in [6.07, 6.45) is 2.53. The van der Waals surface area contributed by atoms with Crippen molar-refractivity contribution in [2.24, 2.45) is 5.73 Å². The van der Waals surface area contributed by atoms with E-state index in [-0.39, 0.29) is 59.0 Å². The van der Waals surface area contributed by atoms with Gasteiger partial charge < -0.3 is 25.6 Å². The molecule has 5 heterocycles. The van der Waals surface area contributed by atoms with Crippen LogP contribution >= 0.6 is 0 Å². The number of benzene rings is 3. The van der Waals surface area contributed by atoms with Crippen molar-refractivity contribution in [2.45, 2.75) is 62.0 Å². The number of phenolic OH excluding ortho intramolecular Hbond substituents is 1. The number of aromatic nitrogens is 2. The predicted octanol–water partition coefficient (Wildman–Crippen LogP) is 4.36. The van der Waals surface area contributed by atoms with Crippen LogP contribution in [-0.2, 0) is 0 Å². The topological polar surface area (TPSA) is 111 Å². The molecular weight excluding hydrogens is 609 g/mol. The first-order valence-electron chi connectivity index (χ1n) is 16.6. The van der Waals surface area contributed by atoms with E-state index >= 15 is 8.78 Å². The predicted molar refractivity (Wildman–Crippen MR) is 173 cm³/mol. The van der Waals surface area contributed by atoms with Crippen LogP contribution in [0.15, 0.2) is 42.5 Å². The minimum absolute atomic E-state index is 0.00682. The standard InChI is InChI=1S/C35H39F3N6O3/c36-21-13-35(9-2-10-43(35)15-21)19-47-34-40-32-27(33(41-34)42-16-22-5-6-23(17-42)44(22)18-25(46)14-39)8-7-26(31(32)38)28-12-24(45)11-20-3-1-4-29(37)30(20)28/h1,3-4,7-8,11-12,21-23,25,45-46H,2,5-6,9-10,13-19,39H2/t21-,22?,23?,25-,35+/m1/s1. The number of hydrogen-bond acceptors (Lipinski definition) is 9. The van der Waals surface area contributed by atoms with Crippen molar-refractivity contribution < 1.29 is 28.1 Å². The summed E-state index contributed by atoms with van der Waals surface area (Å²) < 4.78 is 52.8. The number of nitrogens with zero attached hydrogens (tertiary/aromatic N) is 5. The SMILES string of the molecule is NC[C@@H](O)CN1C2CCC1CN(c1nc(OC[C@@]34CCCN3C[C@H](F)C4)nc3c(F)c(-c4cc(O)cc5cccc(F)c45)ccc13)C2. The zero-order chi connectivity index (χ0) is 32.4. The summed E-state index contributed by atoms with van der Waals surface area (Å²) in [5.74, 6) is -0.778. The average molecular weight is 649 g/mol. The number of aromatic hydroxyl groups is 1. The summed E-state index contributed by atoms with van der Waals surface area (Å²) in [6.45, 7) is 3.31. The molecule has 47 heavy (non-hydrogen) atoms. The third-order valence-electron chi connectivity index (χ3n) is 10.8. The molecule has 0 spiro atoms. The second-order valence-corrected chi connectivity index (χ2v) is 13.7. The normalized spacial score (nSPS) is 26.8. The highest BCUT2D eigenvalue weighted by Gasteiger charge is 2.49. The molecule has 2 bridgehead atoms. The molecule has 4 fully saturated rings. The number of fused-ring (bicyclic) bond motifs is 5. The highest BCUT2D eigenvalue weighted by atomic mass is 19.1. The lowest BCUT2D eigenvalue weighted by atomic mass is 9.95. The molecule has 4 aliphatic heterocycles. The van der Waals surface area contributed by atoms with Crippen LogP contribution in [0.25, 0.3) is 32.8 Å². The molecule has 4 saturated heterocycles. The molecule has 4 aromatic rings. The summed E-state index contributed by atoms with van der Waals surface area (Å²) in [5.41, 5.74) is 5.61. The Bertz CT molecular complexity index is 1830. The fourth-order valence-electron chi connectivity index (χ4n) is 8.64. The number of aliphatic hydroxyl groups is 1. The second kappa shape index (κ2) is 11.8. The van der Waals surface area contributed by atoms with Gasteiger partial charge in [-0.25, -0.2) is 13.2 Å². The quantitative estimate of drug-likeness (QED) is 0.257. The molecule has 4 aliphatic rings. The van der Waals surface area contributed by atoms with Gasteiger partial charge in [-0.2, -0.15) is 9.97 Å². The first-order valence-corrected chi connectivity index (χ1v) is 16.6. The zero-order valence-electron chi connectivity index (χ0n) is 26.1. The number of alkyl halides is 1. The van der Waals surface area contributed by atoms with Crippen molar-refractivity contribution in [1.82, 2.24) is 19.8 Å². The van der Waals surface area contributed by atoms with Crippen molar-refractivity contribution in [1.29, 1.82) is 0 Å². The molecule has 12 heteroatoms. The van der Waals surface area contributed by atoms with Crippen LogP contribution in [0.2, 0.25) is 0 Å². The largest absolute Gasteiger partial charge is 0.508 e. The van der Waals surface area contributed by atoms with Gasteiger partial charge in [-0.05, 0) is 67.4 Å². The Kier molecular flexibility index (Phi) is 7.66. The molecule has 3 aromatic carbocycles. The van der Waals surface area contributed by atoms with E-state index in [2.05, 4.69) is 19.7 Å². The summed E-state index contributed by atoms with van der Waals surface area (Å²) in [5, 5.41) is 21.9. The zero-order valence-corrected chi connectivity index (χ0v) is 26.1. The molecule has 2 unspecified atom stereocenters. The Hall–Kier alpha value is -3.71. The van der Waals surface area contributed by atoms with E-state index in [1.165, 1.54) is 18.2 Å². The molecule has 0 aliphatic carbocycles. The van der Waals surface area contributed by atoms with Gasteiger partial charge in [0, 0.05) is 67.6 Å². The van der Waals surface area contributed by atoms with Crippen LogP contribution in [0.3, 0.4) is 0 Å². The highest BCUT2D eigenvalue weighted by molar-refractivity contribution is 6.01. The van der Waals surface area contributed by atoms with Gasteiger partial charge in [-0.15, -0.1) is 0 Å². The Labute approximate surface area is 270 Å². The maximum atomic E-state index is 16.8.